The molecule has 0 radical (unpaired) electrons. The smallest absolute Gasteiger partial charge is 0.261 e. The highest BCUT2D eigenvalue weighted by atomic mass is 19.1. The van der Waals surface area contributed by atoms with E-state index in [1.807, 2.05) is 12.1 Å². The highest BCUT2D eigenvalue weighted by Crippen LogP contribution is 2.61. The van der Waals surface area contributed by atoms with Gasteiger partial charge in [0.15, 0.2) is 5.96 Å². The van der Waals surface area contributed by atoms with E-state index in [4.69, 9.17) is 15.5 Å². The number of anilines is 1. The van der Waals surface area contributed by atoms with E-state index in [1.165, 1.54) is 30.5 Å². The number of halogens is 1. The SMILES string of the molecule is COc1ccc(CCn2cnc3cc(NC(=NC4C[C@H]5C[C@H]([C@H]4C)C5(C)C)N4CCCC(C(N)=O)C4)ccc3c2=O)c(F)c1. The Hall–Kier alpha value is -3.95. The zero-order valence-electron chi connectivity index (χ0n) is 26.1. The second kappa shape index (κ2) is 11.9. The lowest BCUT2D eigenvalue weighted by atomic mass is 9.45. The molecule has 10 heteroatoms. The molecule has 1 amide bonds. The fourth-order valence-corrected chi connectivity index (χ4v) is 7.67. The summed E-state index contributed by atoms with van der Waals surface area (Å²) >= 11 is 0. The van der Waals surface area contributed by atoms with E-state index in [0.29, 0.717) is 64.9 Å². The van der Waals surface area contributed by atoms with E-state index in [1.54, 1.807) is 18.2 Å². The highest BCUT2D eigenvalue weighted by molar-refractivity contribution is 5.96. The van der Waals surface area contributed by atoms with Gasteiger partial charge in [0.05, 0.1) is 36.3 Å². The number of amides is 1. The summed E-state index contributed by atoms with van der Waals surface area (Å²) in [6.07, 6.45) is 5.86. The minimum Gasteiger partial charge on any atom is -0.497 e. The van der Waals surface area contributed by atoms with Crippen molar-refractivity contribution in [2.24, 2.45) is 39.8 Å². The largest absolute Gasteiger partial charge is 0.497 e. The topological polar surface area (TPSA) is 115 Å². The average molecular weight is 603 g/mol. The molecule has 3 aliphatic carbocycles. The number of aryl methyl sites for hydroxylation is 2. The number of methoxy groups -OCH3 is 1. The van der Waals surface area contributed by atoms with Gasteiger partial charge in [0, 0.05) is 31.4 Å². The summed E-state index contributed by atoms with van der Waals surface area (Å²) in [4.78, 5) is 37.5. The predicted octanol–water partition coefficient (Wildman–Crippen LogP) is 4.82. The summed E-state index contributed by atoms with van der Waals surface area (Å²) in [6.45, 7) is 8.72. The number of nitrogens with two attached hydrogens (primary N) is 1. The number of piperidine rings is 1. The van der Waals surface area contributed by atoms with Crippen LogP contribution in [0.25, 0.3) is 10.9 Å². The molecule has 2 heterocycles. The first kappa shape index (κ1) is 30.1. The van der Waals surface area contributed by atoms with Gasteiger partial charge in [-0.3, -0.25) is 14.2 Å². The lowest BCUT2D eigenvalue weighted by Gasteiger charge is -2.61. The van der Waals surface area contributed by atoms with Gasteiger partial charge in [0.1, 0.15) is 11.6 Å². The van der Waals surface area contributed by atoms with Crippen LogP contribution in [0.3, 0.4) is 0 Å². The summed E-state index contributed by atoms with van der Waals surface area (Å²) in [5.41, 5.74) is 7.75. The van der Waals surface area contributed by atoms with E-state index in [9.17, 15) is 14.0 Å². The number of aromatic nitrogens is 2. The Balaban J connectivity index is 1.24. The van der Waals surface area contributed by atoms with Crippen molar-refractivity contribution in [1.29, 1.82) is 0 Å². The lowest BCUT2D eigenvalue weighted by molar-refractivity contribution is -0.122. The fourth-order valence-electron chi connectivity index (χ4n) is 7.67. The molecule has 3 N–H and O–H groups in total. The van der Waals surface area contributed by atoms with Crippen LogP contribution in [0.5, 0.6) is 5.75 Å². The Morgan fingerprint density at radius 1 is 1.23 bits per heavy atom. The predicted molar refractivity (Wildman–Crippen MR) is 170 cm³/mol. The van der Waals surface area contributed by atoms with Crippen molar-refractivity contribution >= 4 is 28.5 Å². The maximum Gasteiger partial charge on any atom is 0.261 e. The summed E-state index contributed by atoms with van der Waals surface area (Å²) in [6, 6.07) is 10.4. The Bertz CT molecular complexity index is 1650. The number of fused-ring (bicyclic) bond motifs is 3. The first-order valence-electron chi connectivity index (χ1n) is 15.8. The number of hydrogen-bond donors (Lipinski definition) is 2. The van der Waals surface area contributed by atoms with Gasteiger partial charge in [0.2, 0.25) is 5.91 Å². The van der Waals surface area contributed by atoms with Crippen LogP contribution in [0.4, 0.5) is 10.1 Å². The van der Waals surface area contributed by atoms with Crippen molar-refractivity contribution in [2.45, 2.75) is 65.5 Å². The van der Waals surface area contributed by atoms with E-state index >= 15 is 0 Å². The minimum atomic E-state index is -0.362. The number of hydrogen-bond acceptors (Lipinski definition) is 5. The van der Waals surface area contributed by atoms with Gasteiger partial charge in [-0.2, -0.15) is 0 Å². The number of benzene rings is 2. The third kappa shape index (κ3) is 5.66. The first-order chi connectivity index (χ1) is 21.0. The van der Waals surface area contributed by atoms with E-state index in [-0.39, 0.29) is 29.2 Å². The molecule has 2 bridgehead atoms. The molecule has 1 aliphatic heterocycles. The van der Waals surface area contributed by atoms with Gasteiger partial charge in [-0.15, -0.1) is 0 Å². The van der Waals surface area contributed by atoms with Crippen molar-refractivity contribution < 1.29 is 13.9 Å². The summed E-state index contributed by atoms with van der Waals surface area (Å²) in [5, 5.41) is 4.03. The molecule has 2 unspecified atom stereocenters. The van der Waals surface area contributed by atoms with Crippen molar-refractivity contribution in [2.75, 3.05) is 25.5 Å². The zero-order valence-corrected chi connectivity index (χ0v) is 26.1. The van der Waals surface area contributed by atoms with Crippen LogP contribution in [0, 0.1) is 34.9 Å². The molecule has 1 aromatic heterocycles. The Kier molecular flexibility index (Phi) is 8.11. The molecule has 1 saturated heterocycles. The van der Waals surface area contributed by atoms with Gasteiger partial charge in [0.25, 0.3) is 5.56 Å². The standard InChI is InChI=1S/C34H43FN6O3/c1-20-27-14-23(34(27,2)3)15-29(20)39-33(40-12-5-6-22(18-40)31(36)42)38-24-8-10-26-30(16-24)37-19-41(32(26)43)13-11-21-7-9-25(44-4)17-28(21)35/h7-10,16-17,19-20,22-23,27,29H,5-6,11-15,18H2,1-4H3,(H2,36,42)(H,38,39)/t20-,22?,23-,27-,29?/m1/s1. The fraction of sp³-hybridized carbons (Fsp3) is 0.529. The van der Waals surface area contributed by atoms with E-state index in [0.717, 1.165) is 37.5 Å². The molecule has 4 aliphatic rings. The first-order valence-corrected chi connectivity index (χ1v) is 15.8. The van der Waals surface area contributed by atoms with Crippen molar-refractivity contribution in [3.63, 3.8) is 0 Å². The quantitative estimate of drug-likeness (QED) is 0.296. The minimum absolute atomic E-state index is 0.178. The normalized spacial score (nSPS) is 26.2. The van der Waals surface area contributed by atoms with Gasteiger partial charge in [-0.1, -0.05) is 26.8 Å². The Morgan fingerprint density at radius 2 is 2.05 bits per heavy atom. The third-order valence-corrected chi connectivity index (χ3v) is 10.7. The summed E-state index contributed by atoms with van der Waals surface area (Å²) in [7, 11) is 1.50. The van der Waals surface area contributed by atoms with Crippen LogP contribution < -0.4 is 21.3 Å². The van der Waals surface area contributed by atoms with Crippen LogP contribution in [0.2, 0.25) is 0 Å². The summed E-state index contributed by atoms with van der Waals surface area (Å²) < 4.78 is 21.0. The molecule has 9 nitrogen and oxygen atoms in total. The number of guanidine groups is 1. The number of nitrogens with zero attached hydrogens (tertiary/aromatic N) is 4. The van der Waals surface area contributed by atoms with Gasteiger partial charge >= 0.3 is 0 Å². The van der Waals surface area contributed by atoms with Gasteiger partial charge in [-0.25, -0.2) is 14.4 Å². The molecule has 5 atom stereocenters. The molecular formula is C34H43FN6O3. The second-order valence-corrected chi connectivity index (χ2v) is 13.5. The van der Waals surface area contributed by atoms with E-state index in [2.05, 4.69) is 36.0 Å². The monoisotopic (exact) mass is 602 g/mol. The molecule has 4 fully saturated rings. The number of primary amides is 1. The molecular weight excluding hydrogens is 559 g/mol. The third-order valence-electron chi connectivity index (χ3n) is 10.7. The molecule has 3 saturated carbocycles. The van der Waals surface area contributed by atoms with Gasteiger partial charge < -0.3 is 20.7 Å². The van der Waals surface area contributed by atoms with E-state index < -0.39 is 0 Å². The average Bonchev–Trinajstić information content (AvgIpc) is 3.01. The van der Waals surface area contributed by atoms with Crippen LogP contribution in [-0.4, -0.2) is 52.6 Å². The zero-order chi connectivity index (χ0) is 31.2. The molecule has 0 spiro atoms. The highest BCUT2D eigenvalue weighted by Gasteiger charge is 2.56. The summed E-state index contributed by atoms with van der Waals surface area (Å²) in [5.74, 6) is 2.15. The maximum absolute atomic E-state index is 14.4. The lowest BCUT2D eigenvalue weighted by Crippen LogP contribution is -2.57. The van der Waals surface area contributed by atoms with Crippen LogP contribution in [-0.2, 0) is 17.8 Å². The number of carbonyl (C=O) groups is 1. The van der Waals surface area contributed by atoms with Gasteiger partial charge in [-0.05, 0) is 85.1 Å². The maximum atomic E-state index is 14.4. The number of rotatable bonds is 7. The Labute approximate surface area is 257 Å². The number of likely N-dealkylation sites (tertiary alicyclic amines) is 1. The number of aliphatic imine (C=N–C) groups is 1. The molecule has 44 heavy (non-hydrogen) atoms. The molecule has 2 aromatic carbocycles. The molecule has 234 valence electrons. The van der Waals surface area contributed by atoms with Crippen LogP contribution in [0.1, 0.15) is 52.0 Å². The molecule has 7 rings (SSSR count). The number of ether oxygens (including phenoxy) is 1. The van der Waals surface area contributed by atoms with Crippen molar-refractivity contribution in [3.8, 4) is 5.75 Å². The van der Waals surface area contributed by atoms with Crippen LogP contribution in [0.15, 0.2) is 52.5 Å². The van der Waals surface area contributed by atoms with Crippen LogP contribution >= 0.6 is 0 Å². The van der Waals surface area contributed by atoms with Crippen molar-refractivity contribution in [1.82, 2.24) is 14.5 Å². The Morgan fingerprint density at radius 3 is 2.75 bits per heavy atom. The van der Waals surface area contributed by atoms with Crippen molar-refractivity contribution in [3.05, 3.63) is 64.5 Å². The molecule has 3 aromatic rings. The number of nitrogens with one attached hydrogen (secondary N) is 1. The number of carbonyl (C=O) groups excluding carboxylic acids is 1. The second-order valence-electron chi connectivity index (χ2n) is 13.5.